The summed E-state index contributed by atoms with van der Waals surface area (Å²) in [6.45, 7) is 6.48. The van der Waals surface area contributed by atoms with Crippen molar-refractivity contribution in [2.75, 3.05) is 18.0 Å². The van der Waals surface area contributed by atoms with Crippen LogP contribution in [0, 0.1) is 0 Å². The van der Waals surface area contributed by atoms with Gasteiger partial charge in [0.25, 0.3) is 0 Å². The molecule has 1 atom stereocenters. The maximum atomic E-state index is 12.7. The fourth-order valence-electron chi connectivity index (χ4n) is 2.47. The Kier molecular flexibility index (Phi) is 5.22. The largest absolute Gasteiger partial charge is 0.444 e. The average molecular weight is 365 g/mol. The number of alkyl halides is 3. The molecular formula is C16H20ClF3N2O2. The normalized spacial score (nSPS) is 18.6. The first kappa shape index (κ1) is 18.7. The number of nitrogens with one attached hydrogen (secondary N) is 1. The topological polar surface area (TPSA) is 41.6 Å². The molecule has 0 saturated carbocycles. The maximum Gasteiger partial charge on any atom is 0.416 e. The van der Waals surface area contributed by atoms with Crippen LogP contribution in [0.3, 0.4) is 0 Å². The van der Waals surface area contributed by atoms with E-state index in [1.807, 2.05) is 25.7 Å². The van der Waals surface area contributed by atoms with E-state index in [1.54, 1.807) is 0 Å². The summed E-state index contributed by atoms with van der Waals surface area (Å²) in [6.07, 6.45) is -4.67. The van der Waals surface area contributed by atoms with Gasteiger partial charge in [0, 0.05) is 18.5 Å². The Bertz CT molecular complexity index is 614. The Morgan fingerprint density at radius 2 is 2.00 bits per heavy atom. The maximum absolute atomic E-state index is 12.7. The fraction of sp³-hybridized carbons (Fsp3) is 0.562. The number of alkyl carbamates (subject to hydrolysis) is 1. The van der Waals surface area contributed by atoms with E-state index in [9.17, 15) is 18.0 Å². The summed E-state index contributed by atoms with van der Waals surface area (Å²) in [6, 6.07) is 3.27. The van der Waals surface area contributed by atoms with E-state index < -0.39 is 23.4 Å². The molecule has 1 fully saturated rings. The number of amides is 1. The van der Waals surface area contributed by atoms with Gasteiger partial charge in [0.2, 0.25) is 0 Å². The Hall–Kier alpha value is -1.63. The van der Waals surface area contributed by atoms with Gasteiger partial charge in [0.05, 0.1) is 22.8 Å². The Morgan fingerprint density at radius 3 is 2.54 bits per heavy atom. The molecule has 0 spiro atoms. The van der Waals surface area contributed by atoms with E-state index in [-0.39, 0.29) is 11.1 Å². The third kappa shape index (κ3) is 4.93. The molecule has 1 amide bonds. The Morgan fingerprint density at radius 1 is 1.33 bits per heavy atom. The lowest BCUT2D eigenvalue weighted by atomic mass is 10.1. The number of hydrogen-bond donors (Lipinski definition) is 1. The zero-order valence-electron chi connectivity index (χ0n) is 13.7. The zero-order valence-corrected chi connectivity index (χ0v) is 14.5. The highest BCUT2D eigenvalue weighted by Gasteiger charge is 2.32. The highest BCUT2D eigenvalue weighted by Crippen LogP contribution is 2.36. The summed E-state index contributed by atoms with van der Waals surface area (Å²) < 4.78 is 43.4. The molecule has 1 N–H and O–H groups in total. The molecular weight excluding hydrogens is 345 g/mol. The number of carbonyl (C=O) groups is 1. The van der Waals surface area contributed by atoms with Crippen molar-refractivity contribution in [3.63, 3.8) is 0 Å². The molecule has 0 aromatic heterocycles. The van der Waals surface area contributed by atoms with Gasteiger partial charge >= 0.3 is 12.3 Å². The molecule has 1 heterocycles. The summed E-state index contributed by atoms with van der Waals surface area (Å²) in [5, 5.41) is 2.74. The summed E-state index contributed by atoms with van der Waals surface area (Å²) in [5.74, 6) is 0. The monoisotopic (exact) mass is 364 g/mol. The van der Waals surface area contributed by atoms with E-state index in [1.165, 1.54) is 6.07 Å². The number of carbonyl (C=O) groups excluding carboxylic acids is 1. The van der Waals surface area contributed by atoms with Gasteiger partial charge in [-0.15, -0.1) is 0 Å². The Balaban J connectivity index is 2.00. The molecule has 0 radical (unpaired) electrons. The van der Waals surface area contributed by atoms with Gasteiger partial charge in [-0.2, -0.15) is 13.2 Å². The van der Waals surface area contributed by atoms with Crippen molar-refractivity contribution in [3.8, 4) is 0 Å². The van der Waals surface area contributed by atoms with Crippen molar-refractivity contribution in [1.29, 1.82) is 0 Å². The summed E-state index contributed by atoms with van der Waals surface area (Å²) in [4.78, 5) is 13.6. The third-order valence-electron chi connectivity index (χ3n) is 3.51. The number of benzene rings is 1. The van der Waals surface area contributed by atoms with Crippen LogP contribution < -0.4 is 10.2 Å². The van der Waals surface area contributed by atoms with E-state index >= 15 is 0 Å². The molecule has 1 aliphatic rings. The molecule has 1 aromatic carbocycles. The first-order valence-electron chi connectivity index (χ1n) is 7.56. The zero-order chi connectivity index (χ0) is 18.1. The predicted octanol–water partition coefficient (Wildman–Crippen LogP) is 4.46. The molecule has 2 rings (SSSR count). The van der Waals surface area contributed by atoms with Crippen LogP contribution in [0.5, 0.6) is 0 Å². The van der Waals surface area contributed by atoms with Crippen LogP contribution in [0.15, 0.2) is 18.2 Å². The summed E-state index contributed by atoms with van der Waals surface area (Å²) in [7, 11) is 0. The summed E-state index contributed by atoms with van der Waals surface area (Å²) >= 11 is 5.99. The highest BCUT2D eigenvalue weighted by atomic mass is 35.5. The van der Waals surface area contributed by atoms with E-state index in [0.717, 1.165) is 12.1 Å². The lowest BCUT2D eigenvalue weighted by Gasteiger charge is -2.23. The molecule has 1 aromatic rings. The van der Waals surface area contributed by atoms with E-state index in [2.05, 4.69) is 5.32 Å². The molecule has 0 unspecified atom stereocenters. The average Bonchev–Trinajstić information content (AvgIpc) is 2.83. The van der Waals surface area contributed by atoms with Crippen molar-refractivity contribution in [2.45, 2.75) is 45.0 Å². The smallest absolute Gasteiger partial charge is 0.416 e. The van der Waals surface area contributed by atoms with Gasteiger partial charge in [0.1, 0.15) is 6.10 Å². The predicted molar refractivity (Wildman–Crippen MR) is 86.4 cm³/mol. The first-order valence-corrected chi connectivity index (χ1v) is 7.94. The second kappa shape index (κ2) is 6.70. The number of halogens is 4. The van der Waals surface area contributed by atoms with Crippen LogP contribution in [0.1, 0.15) is 32.8 Å². The number of ether oxygens (including phenoxy) is 1. The number of rotatable bonds is 2. The second-order valence-corrected chi connectivity index (χ2v) is 7.21. The third-order valence-corrected chi connectivity index (χ3v) is 3.81. The lowest BCUT2D eigenvalue weighted by Crippen LogP contribution is -2.42. The molecule has 4 nitrogen and oxygen atoms in total. The first-order chi connectivity index (χ1) is 11.0. The molecule has 0 aliphatic carbocycles. The van der Waals surface area contributed by atoms with Crippen molar-refractivity contribution in [1.82, 2.24) is 5.32 Å². The molecule has 1 aliphatic heterocycles. The minimum absolute atomic E-state index is 0.0321. The minimum Gasteiger partial charge on any atom is -0.444 e. The van der Waals surface area contributed by atoms with Crippen molar-refractivity contribution in [3.05, 3.63) is 28.8 Å². The van der Waals surface area contributed by atoms with Gasteiger partial charge in [0.15, 0.2) is 0 Å². The molecule has 134 valence electrons. The van der Waals surface area contributed by atoms with E-state index in [4.69, 9.17) is 16.3 Å². The SMILES string of the molecule is CC(C)(C)NC(=O)O[C@@H]1CCN(c2ccc(C(F)(F)F)cc2Cl)C1. The van der Waals surface area contributed by atoms with Crippen molar-refractivity contribution in [2.24, 2.45) is 0 Å². The standard InChI is InChI=1S/C16H20ClF3N2O2/c1-15(2,3)21-14(23)24-11-6-7-22(9-11)13-5-4-10(8-12(13)17)16(18,19)20/h4-5,8,11H,6-7,9H2,1-3H3,(H,21,23)/t11-/m1/s1. The van der Waals surface area contributed by atoms with Crippen LogP contribution in [0.4, 0.5) is 23.7 Å². The van der Waals surface area contributed by atoms with Gasteiger partial charge in [-0.3, -0.25) is 0 Å². The Labute approximate surface area is 143 Å². The van der Waals surface area contributed by atoms with Crippen LogP contribution in [0.25, 0.3) is 0 Å². The number of hydrogen-bond acceptors (Lipinski definition) is 3. The number of anilines is 1. The lowest BCUT2D eigenvalue weighted by molar-refractivity contribution is -0.137. The number of nitrogens with zero attached hydrogens (tertiary/aromatic N) is 1. The summed E-state index contributed by atoms with van der Waals surface area (Å²) in [5.41, 5.74) is -0.675. The van der Waals surface area contributed by atoms with Crippen LogP contribution in [0.2, 0.25) is 5.02 Å². The van der Waals surface area contributed by atoms with Gasteiger partial charge in [-0.1, -0.05) is 11.6 Å². The molecule has 1 saturated heterocycles. The van der Waals surface area contributed by atoms with Gasteiger partial charge in [-0.25, -0.2) is 4.79 Å². The fourth-order valence-corrected chi connectivity index (χ4v) is 2.77. The minimum atomic E-state index is -4.43. The second-order valence-electron chi connectivity index (χ2n) is 6.80. The molecule has 8 heteroatoms. The molecule has 0 bridgehead atoms. The van der Waals surface area contributed by atoms with E-state index in [0.29, 0.717) is 25.2 Å². The van der Waals surface area contributed by atoms with Crippen molar-refractivity contribution >= 4 is 23.4 Å². The quantitative estimate of drug-likeness (QED) is 0.842. The van der Waals surface area contributed by atoms with Crippen LogP contribution in [-0.4, -0.2) is 30.8 Å². The van der Waals surface area contributed by atoms with Crippen molar-refractivity contribution < 1.29 is 22.7 Å². The molecule has 24 heavy (non-hydrogen) atoms. The highest BCUT2D eigenvalue weighted by molar-refractivity contribution is 6.33. The van der Waals surface area contributed by atoms with Gasteiger partial charge in [-0.05, 0) is 39.0 Å². The van der Waals surface area contributed by atoms with Crippen LogP contribution >= 0.6 is 11.6 Å². The van der Waals surface area contributed by atoms with Gasteiger partial charge < -0.3 is 15.0 Å². The van der Waals surface area contributed by atoms with Crippen LogP contribution in [-0.2, 0) is 10.9 Å².